The molecule has 0 rings (SSSR count). The predicted octanol–water partition coefficient (Wildman–Crippen LogP) is -3.27. The van der Waals surface area contributed by atoms with Crippen LogP contribution in [-0.4, -0.2) is 52.6 Å². The maximum absolute atomic E-state index is 8.52. The topological polar surface area (TPSA) is 314 Å². The van der Waals surface area contributed by atoms with Crippen LogP contribution >= 0.6 is 0 Å². The van der Waals surface area contributed by atoms with Crippen LogP contribution < -0.4 is 12.3 Å². The van der Waals surface area contributed by atoms with Crippen LogP contribution in [0, 0.1) is 0 Å². The molecule has 0 saturated carbocycles. The van der Waals surface area contributed by atoms with Crippen molar-refractivity contribution in [2.45, 2.75) is 0 Å². The van der Waals surface area contributed by atoms with Crippen LogP contribution in [0.2, 0.25) is 0 Å². The SMILES string of the molecule is O=S(=O)([O-])[O-].O=S(=O)([O-])[O-].O=S(=O)([O-])[O-].[Cu+2].[Cu+2].[NH4+].[NH4+]. The first-order chi connectivity index (χ1) is 6.00. The molecule has 19 heavy (non-hydrogen) atoms. The summed E-state index contributed by atoms with van der Waals surface area (Å²) in [4.78, 5) is 0. The molecule has 0 saturated heterocycles. The van der Waals surface area contributed by atoms with Gasteiger partial charge in [-0.2, -0.15) is 0 Å². The van der Waals surface area contributed by atoms with Gasteiger partial charge in [-0.15, -0.1) is 0 Å². The Morgan fingerprint density at radius 2 is 0.421 bits per heavy atom. The zero-order valence-electron chi connectivity index (χ0n) is 8.73. The fourth-order valence-electron chi connectivity index (χ4n) is 0. The molecule has 14 nitrogen and oxygen atoms in total. The first-order valence-electron chi connectivity index (χ1n) is 2.00. The van der Waals surface area contributed by atoms with Crippen molar-refractivity contribution in [3.63, 3.8) is 0 Å². The minimum atomic E-state index is -5.17. The van der Waals surface area contributed by atoms with Gasteiger partial charge >= 0.3 is 34.1 Å². The van der Waals surface area contributed by atoms with E-state index in [0.717, 1.165) is 0 Å². The van der Waals surface area contributed by atoms with Crippen molar-refractivity contribution >= 4 is 31.2 Å². The van der Waals surface area contributed by atoms with Crippen LogP contribution in [-0.2, 0) is 65.3 Å². The third kappa shape index (κ3) is 15700. The van der Waals surface area contributed by atoms with E-state index in [-0.39, 0.29) is 46.4 Å². The van der Waals surface area contributed by atoms with Crippen molar-refractivity contribution in [1.29, 1.82) is 0 Å². The average molecular weight is 451 g/mol. The van der Waals surface area contributed by atoms with E-state index in [0.29, 0.717) is 0 Å². The van der Waals surface area contributed by atoms with Gasteiger partial charge in [0.25, 0.3) is 0 Å². The van der Waals surface area contributed by atoms with E-state index in [1.54, 1.807) is 0 Å². The number of hydrogen-bond acceptors (Lipinski definition) is 12. The zero-order chi connectivity index (χ0) is 13.5. The second kappa shape index (κ2) is 16.6. The molecule has 0 aromatic rings. The number of hydrogen-bond donors (Lipinski definition) is 2. The smallest absolute Gasteiger partial charge is 0.759 e. The summed E-state index contributed by atoms with van der Waals surface area (Å²) in [5.41, 5.74) is 0. The quantitative estimate of drug-likeness (QED) is 0.208. The standard InChI is InChI=1S/2Cu.2H3N.3H2O4S/c;;;;3*1-5(2,3)4/h;;2*1H3;3*(H2,1,2,3,4)/q2*+2;;;;;/p-4. The summed E-state index contributed by atoms with van der Waals surface area (Å²) in [6.07, 6.45) is 0. The van der Waals surface area contributed by atoms with E-state index in [9.17, 15) is 0 Å². The molecule has 0 aliphatic carbocycles. The Labute approximate surface area is 130 Å². The maximum atomic E-state index is 8.52. The first-order valence-corrected chi connectivity index (χ1v) is 6.00. The van der Waals surface area contributed by atoms with Crippen LogP contribution in [0.3, 0.4) is 0 Å². The maximum Gasteiger partial charge on any atom is 2.00 e. The van der Waals surface area contributed by atoms with Crippen molar-refractivity contribution in [3.05, 3.63) is 0 Å². The monoisotopic (exact) mass is 450 g/mol. The third-order valence-corrected chi connectivity index (χ3v) is 0. The van der Waals surface area contributed by atoms with Gasteiger partial charge in [0.15, 0.2) is 0 Å². The van der Waals surface area contributed by atoms with Crippen LogP contribution in [0.4, 0.5) is 0 Å². The molecule has 0 amide bonds. The molecule has 2 radical (unpaired) electrons. The molecule has 130 valence electrons. The second-order valence-electron chi connectivity index (χ2n) is 1.22. The van der Waals surface area contributed by atoms with Gasteiger partial charge in [-0.25, -0.2) is 0 Å². The Kier molecular flexibility index (Phi) is 37.4. The molecule has 0 aromatic heterocycles. The van der Waals surface area contributed by atoms with Gasteiger partial charge in [-0.3, -0.25) is 25.3 Å². The molecule has 0 aliphatic rings. The Morgan fingerprint density at radius 1 is 0.421 bits per heavy atom. The molecule has 0 aromatic carbocycles. The van der Waals surface area contributed by atoms with Crippen LogP contribution in [0.1, 0.15) is 0 Å². The van der Waals surface area contributed by atoms with E-state index < -0.39 is 31.2 Å². The van der Waals surface area contributed by atoms with Gasteiger partial charge in [-0.05, 0) is 0 Å². The Hall–Kier alpha value is 0.569. The summed E-state index contributed by atoms with van der Waals surface area (Å²) in [7, 11) is -15.5. The minimum Gasteiger partial charge on any atom is -0.759 e. The van der Waals surface area contributed by atoms with E-state index >= 15 is 0 Å². The van der Waals surface area contributed by atoms with E-state index in [1.165, 1.54) is 0 Å². The fourth-order valence-corrected chi connectivity index (χ4v) is 0. The normalized spacial score (nSPS) is 9.16. The van der Waals surface area contributed by atoms with Gasteiger partial charge in [0.2, 0.25) is 0 Å². The third-order valence-electron chi connectivity index (χ3n) is 0. The molecule has 0 fully saturated rings. The van der Waals surface area contributed by atoms with Crippen LogP contribution in [0.25, 0.3) is 0 Å². The predicted molar refractivity (Wildman–Crippen MR) is 43.4 cm³/mol. The molecular weight excluding hydrogens is 443 g/mol. The van der Waals surface area contributed by atoms with E-state index in [2.05, 4.69) is 0 Å². The molecule has 0 bridgehead atoms. The number of rotatable bonds is 0. The Morgan fingerprint density at radius 3 is 0.421 bits per heavy atom. The van der Waals surface area contributed by atoms with Gasteiger partial charge in [-0.1, -0.05) is 0 Å². The minimum absolute atomic E-state index is 0. The Balaban J connectivity index is -0.0000000206. The van der Waals surface area contributed by atoms with Gasteiger partial charge < -0.3 is 39.6 Å². The molecule has 0 unspecified atom stereocenters. The average Bonchev–Trinajstić information content (AvgIpc) is 1.41. The zero-order valence-corrected chi connectivity index (χ0v) is 13.1. The number of quaternary nitrogens is 2. The molecule has 0 atom stereocenters. The first kappa shape index (κ1) is 42.7. The molecule has 8 N–H and O–H groups in total. The second-order valence-corrected chi connectivity index (χ2v) is 3.67. The molecular formula is H8Cu2N2O12S3. The summed E-state index contributed by atoms with van der Waals surface area (Å²) in [6.45, 7) is 0. The Bertz CT molecular complexity index is 350. The van der Waals surface area contributed by atoms with Gasteiger partial charge in [0.1, 0.15) is 0 Å². The summed E-state index contributed by atoms with van der Waals surface area (Å²) < 4.78 is 102. The van der Waals surface area contributed by atoms with E-state index in [1.807, 2.05) is 0 Å². The van der Waals surface area contributed by atoms with Crippen LogP contribution in [0.15, 0.2) is 0 Å². The molecule has 0 aliphatic heterocycles. The molecule has 0 heterocycles. The summed E-state index contributed by atoms with van der Waals surface area (Å²) in [5, 5.41) is 0. The van der Waals surface area contributed by atoms with Crippen molar-refractivity contribution in [1.82, 2.24) is 12.3 Å². The van der Waals surface area contributed by atoms with Crippen molar-refractivity contribution in [2.75, 3.05) is 0 Å². The van der Waals surface area contributed by atoms with Gasteiger partial charge in [0, 0.05) is 31.2 Å². The largest absolute Gasteiger partial charge is 2.00 e. The van der Waals surface area contributed by atoms with Crippen molar-refractivity contribution in [2.24, 2.45) is 0 Å². The molecule has 0 spiro atoms. The fraction of sp³-hybridized carbons (Fsp3) is 0. The summed E-state index contributed by atoms with van der Waals surface area (Å²) in [5.74, 6) is 0. The van der Waals surface area contributed by atoms with E-state index in [4.69, 9.17) is 52.6 Å². The molecule has 19 heteroatoms. The van der Waals surface area contributed by atoms with Gasteiger partial charge in [0.05, 0.1) is 0 Å². The summed E-state index contributed by atoms with van der Waals surface area (Å²) >= 11 is 0. The summed E-state index contributed by atoms with van der Waals surface area (Å²) in [6, 6.07) is 0. The van der Waals surface area contributed by atoms with Crippen molar-refractivity contribution in [3.8, 4) is 0 Å². The van der Waals surface area contributed by atoms with Crippen molar-refractivity contribution < 1.29 is 86.7 Å². The van der Waals surface area contributed by atoms with Crippen LogP contribution in [0.5, 0.6) is 0 Å².